The number of carbonyl (C=O) groups excluding carboxylic acids is 7. The maximum atomic E-state index is 11.8. The van der Waals surface area contributed by atoms with E-state index in [1.54, 1.807) is 32.4 Å². The first kappa shape index (κ1) is 52.4. The Morgan fingerprint density at radius 2 is 1.03 bits per heavy atom. The summed E-state index contributed by atoms with van der Waals surface area (Å²) in [5.74, 6) is 4.33. The number of rotatable bonds is 31. The van der Waals surface area contributed by atoms with Crippen molar-refractivity contribution in [1.29, 1.82) is 0 Å². The summed E-state index contributed by atoms with van der Waals surface area (Å²) in [5.41, 5.74) is 0. The fourth-order valence-electron chi connectivity index (χ4n) is 5.64. The molecule has 0 radical (unpaired) electrons. The van der Waals surface area contributed by atoms with Crippen molar-refractivity contribution in [2.75, 3.05) is 41.2 Å². The number of hydrogen-bond acceptors (Lipinski definition) is 13. The zero-order chi connectivity index (χ0) is 43.8. The normalized spacial score (nSPS) is 10.6. The number of unbranched alkanes of at least 4 members (excludes halogenated alkanes) is 2. The van der Waals surface area contributed by atoms with Gasteiger partial charge in [-0.3, -0.25) is 33.6 Å². The van der Waals surface area contributed by atoms with Crippen LogP contribution in [0.15, 0.2) is 49.6 Å². The van der Waals surface area contributed by atoms with E-state index in [1.807, 2.05) is 32.0 Å². The van der Waals surface area contributed by atoms with E-state index in [2.05, 4.69) is 0 Å². The number of furan rings is 3. The van der Waals surface area contributed by atoms with Gasteiger partial charge in [0.1, 0.15) is 64.3 Å². The van der Waals surface area contributed by atoms with Crippen LogP contribution in [0, 0.1) is 6.92 Å². The van der Waals surface area contributed by atoms with Crippen LogP contribution in [0.5, 0.6) is 0 Å². The van der Waals surface area contributed by atoms with Gasteiger partial charge in [0, 0.05) is 105 Å². The van der Waals surface area contributed by atoms with E-state index < -0.39 is 0 Å². The largest absolute Gasteiger partial charge is 0.466 e. The summed E-state index contributed by atoms with van der Waals surface area (Å²) < 4.78 is 30.7. The molecule has 0 saturated heterocycles. The maximum Gasteiger partial charge on any atom is 0.198 e. The quantitative estimate of drug-likeness (QED) is 0.0445. The monoisotopic (exact) mass is 826 g/mol. The molecular formula is C46H66O13. The first-order valence-corrected chi connectivity index (χ1v) is 20.6. The van der Waals surface area contributed by atoms with Gasteiger partial charge in [0.2, 0.25) is 0 Å². The lowest BCUT2D eigenvalue weighted by molar-refractivity contribution is -0.126. The minimum atomic E-state index is -0.0857. The number of hydrogen-bond donors (Lipinski definition) is 0. The fourth-order valence-corrected chi connectivity index (χ4v) is 5.64. The van der Waals surface area contributed by atoms with Crippen molar-refractivity contribution >= 4 is 40.5 Å². The van der Waals surface area contributed by atoms with Crippen LogP contribution in [0.1, 0.15) is 143 Å². The number of carbonyl (C=O) groups is 7. The lowest BCUT2D eigenvalue weighted by atomic mass is 10.1. The Morgan fingerprint density at radius 3 is 1.61 bits per heavy atom. The average molecular weight is 827 g/mol. The first-order chi connectivity index (χ1) is 28.3. The molecule has 0 atom stereocenters. The topological polar surface area (TPSA) is 187 Å². The molecule has 3 heterocycles. The van der Waals surface area contributed by atoms with E-state index in [0.29, 0.717) is 62.4 Å². The maximum absolute atomic E-state index is 11.8. The molecule has 0 fully saturated rings. The molecule has 3 rings (SSSR count). The Bertz CT molecular complexity index is 1690. The standard InChI is InChI=1S/C16H22O5.C16H24O4.C14H20O4/c1-12(17)10-15-7-8-16(21-15)11-14(19)6-5-13(18)4-3-9-20-2;1-3-14-9-11-16(20-14)15(18)10-8-13(17)7-5-4-6-12-19-2;1-11-6-9-14(18-11)5-3-4-12(15)7-8-13(16)10-17-2/h7-8H,3-6,9-11H2,1-2H3;9,11H,3-8,10,12H2,1-2H3;6,9H,3-5,7-8,10H2,1-2H3. The lowest BCUT2D eigenvalue weighted by Crippen LogP contribution is -2.09. The second kappa shape index (κ2) is 32.3. The van der Waals surface area contributed by atoms with Crippen LogP contribution in [0.3, 0.4) is 0 Å². The third-order valence-corrected chi connectivity index (χ3v) is 8.88. The van der Waals surface area contributed by atoms with Crippen LogP contribution in [0.4, 0.5) is 0 Å². The molecule has 0 saturated carbocycles. The molecule has 3 aromatic rings. The average Bonchev–Trinajstić information content (AvgIpc) is 3.97. The van der Waals surface area contributed by atoms with Gasteiger partial charge in [-0.05, 0) is 75.9 Å². The molecule has 13 nitrogen and oxygen atoms in total. The smallest absolute Gasteiger partial charge is 0.198 e. The van der Waals surface area contributed by atoms with Crippen molar-refractivity contribution in [2.45, 2.75) is 136 Å². The summed E-state index contributed by atoms with van der Waals surface area (Å²) in [5, 5.41) is 0. The van der Waals surface area contributed by atoms with E-state index in [-0.39, 0.29) is 85.6 Å². The molecule has 59 heavy (non-hydrogen) atoms. The molecule has 328 valence electrons. The van der Waals surface area contributed by atoms with Crippen LogP contribution in [0.25, 0.3) is 0 Å². The van der Waals surface area contributed by atoms with Crippen molar-refractivity contribution in [2.24, 2.45) is 0 Å². The van der Waals surface area contributed by atoms with Crippen molar-refractivity contribution < 1.29 is 61.0 Å². The molecule has 3 aromatic heterocycles. The van der Waals surface area contributed by atoms with Crippen molar-refractivity contribution in [3.8, 4) is 0 Å². The molecular weight excluding hydrogens is 760 g/mol. The highest BCUT2D eigenvalue weighted by atomic mass is 16.5. The van der Waals surface area contributed by atoms with Crippen LogP contribution < -0.4 is 0 Å². The third-order valence-electron chi connectivity index (χ3n) is 8.88. The Hall–Kier alpha value is -4.59. The Labute approximate surface area is 349 Å². The molecule has 13 heteroatoms. The van der Waals surface area contributed by atoms with Gasteiger partial charge in [0.05, 0.1) is 12.8 Å². The highest BCUT2D eigenvalue weighted by molar-refractivity contribution is 5.96. The number of methoxy groups -OCH3 is 3. The van der Waals surface area contributed by atoms with Crippen LogP contribution >= 0.6 is 0 Å². The Balaban J connectivity index is 0.000000444. The Kier molecular flexibility index (Phi) is 28.7. The van der Waals surface area contributed by atoms with Gasteiger partial charge < -0.3 is 27.5 Å². The van der Waals surface area contributed by atoms with Crippen LogP contribution in [-0.4, -0.2) is 81.6 Å². The van der Waals surface area contributed by atoms with Gasteiger partial charge in [-0.15, -0.1) is 0 Å². The van der Waals surface area contributed by atoms with Crippen LogP contribution in [-0.2, 0) is 68.7 Å². The van der Waals surface area contributed by atoms with Gasteiger partial charge in [-0.2, -0.15) is 0 Å². The summed E-state index contributed by atoms with van der Waals surface area (Å²) in [7, 11) is 4.75. The SMILES string of the molecule is CCc1ccc(C(=O)CCC(=O)CCCCCOC)o1.COCC(=O)CCC(=O)CCCc1ccc(C)o1.COCCCC(=O)CCC(=O)Cc1ccc(CC(C)=O)o1. The second-order valence-electron chi connectivity index (χ2n) is 14.4. The molecule has 0 aliphatic carbocycles. The molecule has 0 bridgehead atoms. The zero-order valence-corrected chi connectivity index (χ0v) is 36.1. The minimum absolute atomic E-state index is 0.0175. The van der Waals surface area contributed by atoms with Gasteiger partial charge in [0.25, 0.3) is 0 Å². The van der Waals surface area contributed by atoms with Crippen molar-refractivity contribution in [3.05, 3.63) is 71.0 Å². The predicted octanol–water partition coefficient (Wildman–Crippen LogP) is 8.35. The summed E-state index contributed by atoms with van der Waals surface area (Å²) in [6.45, 7) is 6.76. The number of ketones is 7. The van der Waals surface area contributed by atoms with E-state index in [4.69, 9.17) is 27.5 Å². The summed E-state index contributed by atoms with van der Waals surface area (Å²) in [4.78, 5) is 80.4. The number of aryl methyl sites for hydroxylation is 3. The van der Waals surface area contributed by atoms with Gasteiger partial charge in [-0.25, -0.2) is 0 Å². The summed E-state index contributed by atoms with van der Waals surface area (Å²) >= 11 is 0. The number of ether oxygens (including phenoxy) is 3. The molecule has 0 spiro atoms. The van der Waals surface area contributed by atoms with E-state index >= 15 is 0 Å². The van der Waals surface area contributed by atoms with Crippen LogP contribution in [0.2, 0.25) is 0 Å². The third kappa shape index (κ3) is 26.9. The molecule has 0 unspecified atom stereocenters. The Morgan fingerprint density at radius 1 is 0.492 bits per heavy atom. The van der Waals surface area contributed by atoms with Gasteiger partial charge >= 0.3 is 0 Å². The van der Waals surface area contributed by atoms with E-state index in [0.717, 1.165) is 62.4 Å². The highest BCUT2D eigenvalue weighted by Crippen LogP contribution is 2.14. The second-order valence-corrected chi connectivity index (χ2v) is 14.4. The van der Waals surface area contributed by atoms with E-state index in [9.17, 15) is 33.6 Å². The van der Waals surface area contributed by atoms with Crippen molar-refractivity contribution in [1.82, 2.24) is 0 Å². The minimum Gasteiger partial charge on any atom is -0.466 e. The first-order valence-electron chi connectivity index (χ1n) is 20.6. The molecule has 0 aromatic carbocycles. The fraction of sp³-hybridized carbons (Fsp3) is 0.587. The predicted molar refractivity (Wildman–Crippen MR) is 222 cm³/mol. The molecule has 0 aliphatic rings. The lowest BCUT2D eigenvalue weighted by Gasteiger charge is -2.01. The summed E-state index contributed by atoms with van der Waals surface area (Å²) in [6, 6.07) is 10.8. The molecule has 0 N–H and O–H groups in total. The molecule has 0 aliphatic heterocycles. The number of Topliss-reactive ketones (excluding diaryl/α,β-unsaturated/α-hetero) is 7. The van der Waals surface area contributed by atoms with Gasteiger partial charge in [0.15, 0.2) is 17.3 Å². The zero-order valence-electron chi connectivity index (χ0n) is 36.1. The van der Waals surface area contributed by atoms with Gasteiger partial charge in [-0.1, -0.05) is 13.3 Å². The molecule has 0 amide bonds. The van der Waals surface area contributed by atoms with E-state index in [1.165, 1.54) is 14.0 Å². The highest BCUT2D eigenvalue weighted by Gasteiger charge is 2.14. The summed E-state index contributed by atoms with van der Waals surface area (Å²) in [6.07, 6.45) is 9.41. The van der Waals surface area contributed by atoms with Crippen molar-refractivity contribution in [3.63, 3.8) is 0 Å².